The van der Waals surface area contributed by atoms with Gasteiger partial charge in [0.1, 0.15) is 11.6 Å². The van der Waals surface area contributed by atoms with E-state index in [0.717, 1.165) is 87.7 Å². The molecule has 0 aliphatic carbocycles. The Balaban J connectivity index is 1.24. The fourth-order valence-corrected chi connectivity index (χ4v) is 15.0. The van der Waals surface area contributed by atoms with Gasteiger partial charge < -0.3 is 18.3 Å². The number of halogens is 2. The van der Waals surface area contributed by atoms with Gasteiger partial charge in [-0.1, -0.05) is 223 Å². The van der Waals surface area contributed by atoms with Crippen molar-refractivity contribution in [1.82, 2.24) is 18.3 Å². The minimum Gasteiger partial charge on any atom is -0.337 e. The molecule has 472 valence electrons. The number of para-hydroxylation sites is 4. The molecule has 0 bridgehead atoms. The molecule has 0 fully saturated rings. The lowest BCUT2D eigenvalue weighted by Gasteiger charge is -2.29. The molecule has 10 aromatic carbocycles. The summed E-state index contributed by atoms with van der Waals surface area (Å²) in [7, 11) is 0. The first-order valence-corrected chi connectivity index (χ1v) is 33.6. The third-order valence-corrected chi connectivity index (χ3v) is 20.1. The van der Waals surface area contributed by atoms with Gasteiger partial charge in [-0.3, -0.25) is 0 Å². The molecule has 4 nitrogen and oxygen atoms in total. The van der Waals surface area contributed by atoms with E-state index in [1.54, 1.807) is 24.3 Å². The maximum atomic E-state index is 18.9. The molecule has 0 aliphatic heterocycles. The van der Waals surface area contributed by atoms with E-state index in [4.69, 9.17) is 0 Å². The molecule has 0 aliphatic rings. The van der Waals surface area contributed by atoms with Crippen LogP contribution in [0.3, 0.4) is 0 Å². The summed E-state index contributed by atoms with van der Waals surface area (Å²) in [4.78, 5) is 0. The van der Waals surface area contributed by atoms with Crippen molar-refractivity contribution in [3.63, 3.8) is 0 Å². The van der Waals surface area contributed by atoms with Crippen LogP contribution in [-0.4, -0.2) is 18.3 Å². The fourth-order valence-electron chi connectivity index (χ4n) is 15.0. The van der Waals surface area contributed by atoms with E-state index in [1.165, 1.54) is 33.0 Å². The molecule has 0 N–H and O–H groups in total. The van der Waals surface area contributed by atoms with E-state index in [9.17, 15) is 0 Å². The number of hydrogen-bond donors (Lipinski definition) is 0. The number of aromatic nitrogens is 4. The van der Waals surface area contributed by atoms with Gasteiger partial charge >= 0.3 is 0 Å². The molecule has 0 spiro atoms. The summed E-state index contributed by atoms with van der Waals surface area (Å²) in [6.45, 7) is 34.1. The van der Waals surface area contributed by atoms with Crippen molar-refractivity contribution in [3.05, 3.63) is 275 Å². The van der Waals surface area contributed by atoms with Gasteiger partial charge in [0.25, 0.3) is 0 Å². The Hall–Kier alpha value is -9.52. The van der Waals surface area contributed by atoms with E-state index >= 15 is 8.78 Å². The number of fused-ring (bicyclic) bond motifs is 12. The van der Waals surface area contributed by atoms with Gasteiger partial charge in [0.2, 0.25) is 0 Å². The van der Waals surface area contributed by atoms with E-state index in [2.05, 4.69) is 298 Å². The van der Waals surface area contributed by atoms with Crippen LogP contribution in [0.5, 0.6) is 0 Å². The van der Waals surface area contributed by atoms with Gasteiger partial charge in [-0.2, -0.15) is 0 Å². The van der Waals surface area contributed by atoms with E-state index < -0.39 is 0 Å². The van der Waals surface area contributed by atoms with Gasteiger partial charge in [-0.25, -0.2) is 8.78 Å². The molecule has 2 unspecified atom stereocenters. The smallest absolute Gasteiger partial charge is 0.131 e. The molecule has 14 aromatic rings. The van der Waals surface area contributed by atoms with Crippen LogP contribution in [0.2, 0.25) is 0 Å². The Morgan fingerprint density at radius 3 is 1.04 bits per heavy atom. The molecule has 4 heterocycles. The summed E-state index contributed by atoms with van der Waals surface area (Å²) in [6.07, 6.45) is 2.69. The lowest BCUT2D eigenvalue weighted by molar-refractivity contribution is 0.580. The van der Waals surface area contributed by atoms with E-state index in [-0.39, 0.29) is 45.4 Å². The van der Waals surface area contributed by atoms with Crippen molar-refractivity contribution in [1.29, 1.82) is 0 Å². The first kappa shape index (κ1) is 62.0. The quantitative estimate of drug-likeness (QED) is 0.115. The highest BCUT2D eigenvalue weighted by Gasteiger charge is 2.33. The van der Waals surface area contributed by atoms with Crippen LogP contribution in [0.25, 0.3) is 110 Å². The van der Waals surface area contributed by atoms with Crippen molar-refractivity contribution >= 4 is 110 Å². The Kier molecular flexibility index (Phi) is 15.1. The van der Waals surface area contributed by atoms with Gasteiger partial charge in [-0.15, -0.1) is 0 Å². The van der Waals surface area contributed by atoms with Crippen LogP contribution in [0.15, 0.2) is 230 Å². The molecule has 0 saturated heterocycles. The summed E-state index contributed by atoms with van der Waals surface area (Å²) in [6, 6.07) is 76.3. The fraction of sp³-hybridized carbons (Fsp3) is 0.250. The highest BCUT2D eigenvalue weighted by Crippen LogP contribution is 2.51. The maximum Gasteiger partial charge on any atom is 0.131 e. The van der Waals surface area contributed by atoms with E-state index in [1.807, 2.05) is 24.3 Å². The second-order valence-corrected chi connectivity index (χ2v) is 30.5. The van der Waals surface area contributed by atoms with Crippen molar-refractivity contribution in [3.8, 4) is 0 Å². The van der Waals surface area contributed by atoms with Crippen LogP contribution < -0.4 is 0 Å². The first-order chi connectivity index (χ1) is 44.8. The van der Waals surface area contributed by atoms with Gasteiger partial charge in [0.05, 0.1) is 33.8 Å². The lowest BCUT2D eigenvalue weighted by atomic mass is 9.85. The van der Waals surface area contributed by atoms with Crippen molar-refractivity contribution < 1.29 is 8.78 Å². The Morgan fingerprint density at radius 2 is 0.681 bits per heavy atom. The third kappa shape index (κ3) is 10.5. The molecule has 14 rings (SSSR count). The first-order valence-electron chi connectivity index (χ1n) is 33.6. The lowest BCUT2D eigenvalue weighted by Crippen LogP contribution is -2.14. The van der Waals surface area contributed by atoms with Crippen molar-refractivity contribution in [2.45, 2.75) is 144 Å². The predicted octanol–water partition coefficient (Wildman–Crippen LogP) is 24.9. The van der Waals surface area contributed by atoms with Gasteiger partial charge in [0, 0.05) is 99.2 Å². The molecule has 94 heavy (non-hydrogen) atoms. The van der Waals surface area contributed by atoms with Gasteiger partial charge in [-0.05, 0) is 162 Å². The second-order valence-electron chi connectivity index (χ2n) is 30.5. The van der Waals surface area contributed by atoms with Crippen LogP contribution >= 0.6 is 0 Å². The molecule has 0 saturated carbocycles. The third-order valence-electron chi connectivity index (χ3n) is 20.1. The molecule has 0 radical (unpaired) electrons. The standard InChI is InChI=1S/C88H86F2N4/c1-54(91-75-36-24-18-29-62(75)63-30-19-25-37-76(63)91)48-67(56(3)93-79-44-40-57(85(4,5)6)50-68(79)69-51-58(86(7,8)9)41-45-80(69)93)83(66-33-17-23-35-74(66)90)84(94-81-46-42-59(87(10,11)12)52-70(81)71-53-60(88(13,14)15)43-47-82(71)94)72(61-28-16-22-34-73(61)89)49-55(2)92-77-38-26-20-31-64(77)65-32-21-27-39-78(65)92/h16-47,49-55H,48H2,1-15H3/b67-56+,72-49+,84-83+. The number of rotatable bonds is 11. The monoisotopic (exact) mass is 1240 g/mol. The zero-order valence-corrected chi connectivity index (χ0v) is 57.3. The average molecular weight is 1240 g/mol. The molecule has 4 aromatic heterocycles. The zero-order valence-electron chi connectivity index (χ0n) is 57.3. The average Bonchev–Trinajstić information content (AvgIpc) is 1.53. The van der Waals surface area contributed by atoms with Crippen LogP contribution in [-0.2, 0) is 21.7 Å². The summed E-state index contributed by atoms with van der Waals surface area (Å²) in [5.74, 6) is -0.766. The normalized spacial score (nSPS) is 14.4. The number of hydrogen-bond acceptors (Lipinski definition) is 0. The van der Waals surface area contributed by atoms with Gasteiger partial charge in [0.15, 0.2) is 0 Å². The minimum atomic E-state index is -0.388. The predicted molar refractivity (Wildman–Crippen MR) is 399 cm³/mol. The van der Waals surface area contributed by atoms with Crippen LogP contribution in [0.1, 0.15) is 156 Å². The summed E-state index contributed by atoms with van der Waals surface area (Å²) >= 11 is 0. The molecule has 0 amide bonds. The van der Waals surface area contributed by atoms with Crippen LogP contribution in [0.4, 0.5) is 8.78 Å². The van der Waals surface area contributed by atoms with E-state index in [0.29, 0.717) is 34.4 Å². The number of benzene rings is 10. The largest absolute Gasteiger partial charge is 0.337 e. The minimum absolute atomic E-state index is 0.136. The summed E-state index contributed by atoms with van der Waals surface area (Å²) in [5, 5.41) is 9.04. The summed E-state index contributed by atoms with van der Waals surface area (Å²) < 4.78 is 47.0. The van der Waals surface area contributed by atoms with Crippen molar-refractivity contribution in [2.75, 3.05) is 0 Å². The zero-order chi connectivity index (χ0) is 66.1. The second kappa shape index (κ2) is 22.9. The van der Waals surface area contributed by atoms with Crippen LogP contribution in [0, 0.1) is 11.6 Å². The highest BCUT2D eigenvalue weighted by atomic mass is 19.1. The summed E-state index contributed by atoms with van der Waals surface area (Å²) in [5.41, 5.74) is 17.1. The number of nitrogens with zero attached hydrogens (tertiary/aromatic N) is 4. The Morgan fingerprint density at radius 1 is 0.362 bits per heavy atom. The molecular weight excluding hydrogens is 1150 g/mol. The van der Waals surface area contributed by atoms with Crippen molar-refractivity contribution in [2.24, 2.45) is 0 Å². The molecule has 6 heteroatoms. The maximum absolute atomic E-state index is 18.9. The Labute approximate surface area is 552 Å². The molecular formula is C88H86F2N4. The topological polar surface area (TPSA) is 19.7 Å². The number of allylic oxidation sites excluding steroid dienone is 6. The molecule has 2 atom stereocenters. The Bertz CT molecular complexity index is 5210. The SMILES string of the molecule is C\C(=C(CC(C)n1c2ccccc2c2ccccc21)/C(=C(\C(=C\C(C)n1c2ccccc2c2ccccc21)c1ccccc1F)n1c2ccc(C(C)(C)C)cc2c2cc(C(C)(C)C)ccc21)c1ccccc1F)n1c2ccc(C(C)(C)C)cc2c2cc(C(C)(C)C)ccc21. The highest BCUT2D eigenvalue weighted by molar-refractivity contribution is 6.21.